The van der Waals surface area contributed by atoms with Crippen LogP contribution in [0.2, 0.25) is 0 Å². The molecule has 0 heterocycles. The quantitative estimate of drug-likeness (QED) is 0.371. The van der Waals surface area contributed by atoms with E-state index in [4.69, 9.17) is 11.5 Å². The molecule has 5 nitrogen and oxygen atoms in total. The Morgan fingerprint density at radius 3 is 2.42 bits per heavy atom. The molecule has 0 unspecified atom stereocenters. The van der Waals surface area contributed by atoms with E-state index in [1.165, 1.54) is 0 Å². The molecule has 0 spiro atoms. The van der Waals surface area contributed by atoms with Gasteiger partial charge in [-0.1, -0.05) is 6.07 Å². The molecule has 12 heavy (non-hydrogen) atoms. The average Bonchev–Trinajstić information content (AvgIpc) is 1.97. The van der Waals surface area contributed by atoms with Gasteiger partial charge in [0.15, 0.2) is 0 Å². The first-order chi connectivity index (χ1) is 5.54. The summed E-state index contributed by atoms with van der Waals surface area (Å²) in [6.07, 6.45) is 0. The highest BCUT2D eigenvalue weighted by molar-refractivity contribution is 5.76. The number of hydrogen-bond donors (Lipinski definition) is 2. The zero-order valence-corrected chi connectivity index (χ0v) is 6.57. The number of aryl methyl sites for hydroxylation is 1. The van der Waals surface area contributed by atoms with Crippen molar-refractivity contribution in [2.45, 2.75) is 6.92 Å². The summed E-state index contributed by atoms with van der Waals surface area (Å²) in [6.45, 7) is 1.62. The number of anilines is 2. The average molecular weight is 167 g/mol. The second-order valence-electron chi connectivity index (χ2n) is 2.49. The molecule has 1 aromatic carbocycles. The standard InChI is InChI=1S/C7H9N3O2/c1-4-2-3-5(8)6(9)7(4)10(11)12/h2-3H,8-9H2,1H3. The molecule has 0 saturated heterocycles. The summed E-state index contributed by atoms with van der Waals surface area (Å²) in [4.78, 5) is 9.94. The fourth-order valence-corrected chi connectivity index (χ4v) is 0.975. The van der Waals surface area contributed by atoms with Crippen molar-refractivity contribution < 1.29 is 4.92 Å². The molecule has 0 saturated carbocycles. The van der Waals surface area contributed by atoms with E-state index in [1.54, 1.807) is 19.1 Å². The van der Waals surface area contributed by atoms with Gasteiger partial charge in [-0.2, -0.15) is 0 Å². The number of nitro benzene ring substituents is 1. The molecule has 0 aromatic heterocycles. The summed E-state index contributed by atoms with van der Waals surface area (Å²) < 4.78 is 0. The lowest BCUT2D eigenvalue weighted by atomic mass is 10.1. The van der Waals surface area contributed by atoms with Crippen LogP contribution in [0.25, 0.3) is 0 Å². The van der Waals surface area contributed by atoms with Crippen LogP contribution in [0.15, 0.2) is 12.1 Å². The van der Waals surface area contributed by atoms with Crippen molar-refractivity contribution in [3.05, 3.63) is 27.8 Å². The first-order valence-electron chi connectivity index (χ1n) is 3.33. The first-order valence-corrected chi connectivity index (χ1v) is 3.33. The Balaban J connectivity index is 3.43. The third-order valence-corrected chi connectivity index (χ3v) is 1.64. The Morgan fingerprint density at radius 1 is 1.42 bits per heavy atom. The summed E-state index contributed by atoms with van der Waals surface area (Å²) in [7, 11) is 0. The van der Waals surface area contributed by atoms with E-state index in [0.717, 1.165) is 0 Å². The summed E-state index contributed by atoms with van der Waals surface area (Å²) >= 11 is 0. The van der Waals surface area contributed by atoms with Crippen LogP contribution in [0, 0.1) is 17.0 Å². The van der Waals surface area contributed by atoms with Crippen LogP contribution in [0.3, 0.4) is 0 Å². The van der Waals surface area contributed by atoms with Crippen LogP contribution < -0.4 is 11.5 Å². The summed E-state index contributed by atoms with van der Waals surface area (Å²) in [5, 5.41) is 10.5. The van der Waals surface area contributed by atoms with E-state index in [9.17, 15) is 10.1 Å². The van der Waals surface area contributed by atoms with Crippen LogP contribution in [0.5, 0.6) is 0 Å². The maximum absolute atomic E-state index is 10.5. The van der Waals surface area contributed by atoms with Gasteiger partial charge in [0, 0.05) is 5.56 Å². The molecule has 1 rings (SSSR count). The van der Waals surface area contributed by atoms with E-state index in [0.29, 0.717) is 5.56 Å². The van der Waals surface area contributed by atoms with Crippen molar-refractivity contribution in [3.63, 3.8) is 0 Å². The highest BCUT2D eigenvalue weighted by atomic mass is 16.6. The molecule has 4 N–H and O–H groups in total. The summed E-state index contributed by atoms with van der Waals surface area (Å²) in [6, 6.07) is 3.13. The number of nitrogens with two attached hydrogens (primary N) is 2. The van der Waals surface area contributed by atoms with Gasteiger partial charge in [0.2, 0.25) is 0 Å². The number of nitrogen functional groups attached to an aromatic ring is 2. The predicted octanol–water partition coefficient (Wildman–Crippen LogP) is 1.07. The molecule has 0 aliphatic heterocycles. The van der Waals surface area contributed by atoms with Crippen LogP contribution in [-0.2, 0) is 0 Å². The Bertz CT molecular complexity index is 336. The number of benzene rings is 1. The van der Waals surface area contributed by atoms with Crippen LogP contribution in [-0.4, -0.2) is 4.92 Å². The lowest BCUT2D eigenvalue weighted by Gasteiger charge is -2.02. The summed E-state index contributed by atoms with van der Waals surface area (Å²) in [5.74, 6) is 0. The molecule has 0 aliphatic rings. The number of hydrogen-bond acceptors (Lipinski definition) is 4. The van der Waals surface area contributed by atoms with E-state index in [1.807, 2.05) is 0 Å². The van der Waals surface area contributed by atoms with Gasteiger partial charge < -0.3 is 11.5 Å². The van der Waals surface area contributed by atoms with Gasteiger partial charge in [-0.05, 0) is 13.0 Å². The van der Waals surface area contributed by atoms with Gasteiger partial charge >= 0.3 is 0 Å². The van der Waals surface area contributed by atoms with E-state index in [2.05, 4.69) is 0 Å². The lowest BCUT2D eigenvalue weighted by molar-refractivity contribution is -0.384. The van der Waals surface area contributed by atoms with Crippen molar-refractivity contribution in [2.24, 2.45) is 0 Å². The third-order valence-electron chi connectivity index (χ3n) is 1.64. The molecule has 0 aliphatic carbocycles. The zero-order chi connectivity index (χ0) is 9.30. The minimum absolute atomic E-state index is 0.0417. The molecule has 0 radical (unpaired) electrons. The van der Waals surface area contributed by atoms with Gasteiger partial charge in [0.05, 0.1) is 10.6 Å². The summed E-state index contributed by atoms with van der Waals surface area (Å²) in [5.41, 5.74) is 11.5. The third kappa shape index (κ3) is 1.16. The number of rotatable bonds is 1. The first kappa shape index (κ1) is 8.32. The lowest BCUT2D eigenvalue weighted by Crippen LogP contribution is -2.01. The van der Waals surface area contributed by atoms with Crippen LogP contribution in [0.1, 0.15) is 5.56 Å². The van der Waals surface area contributed by atoms with Gasteiger partial charge in [-0.15, -0.1) is 0 Å². The molecular weight excluding hydrogens is 158 g/mol. The smallest absolute Gasteiger partial charge is 0.297 e. The van der Waals surface area contributed by atoms with Crippen molar-refractivity contribution in [1.82, 2.24) is 0 Å². The molecule has 0 amide bonds. The highest BCUT2D eigenvalue weighted by Gasteiger charge is 2.16. The Morgan fingerprint density at radius 2 is 2.00 bits per heavy atom. The zero-order valence-electron chi connectivity index (χ0n) is 6.57. The molecule has 0 atom stereocenters. The minimum Gasteiger partial charge on any atom is -0.397 e. The fourth-order valence-electron chi connectivity index (χ4n) is 0.975. The maximum atomic E-state index is 10.5. The van der Waals surface area contributed by atoms with E-state index >= 15 is 0 Å². The van der Waals surface area contributed by atoms with Crippen LogP contribution >= 0.6 is 0 Å². The Labute approximate surface area is 69.1 Å². The molecule has 1 aromatic rings. The van der Waals surface area contributed by atoms with Gasteiger partial charge in [-0.3, -0.25) is 10.1 Å². The van der Waals surface area contributed by atoms with E-state index in [-0.39, 0.29) is 17.1 Å². The van der Waals surface area contributed by atoms with Crippen molar-refractivity contribution in [1.29, 1.82) is 0 Å². The van der Waals surface area contributed by atoms with Crippen molar-refractivity contribution in [2.75, 3.05) is 11.5 Å². The van der Waals surface area contributed by atoms with Gasteiger partial charge in [0.25, 0.3) is 5.69 Å². The molecule has 0 bridgehead atoms. The monoisotopic (exact) mass is 167 g/mol. The van der Waals surface area contributed by atoms with E-state index < -0.39 is 4.92 Å². The molecule has 64 valence electrons. The minimum atomic E-state index is -0.527. The Kier molecular flexibility index (Phi) is 1.86. The normalized spacial score (nSPS) is 9.75. The largest absolute Gasteiger partial charge is 0.397 e. The number of nitrogens with zero attached hydrogens (tertiary/aromatic N) is 1. The molecular formula is C7H9N3O2. The highest BCUT2D eigenvalue weighted by Crippen LogP contribution is 2.30. The molecule has 5 heteroatoms. The van der Waals surface area contributed by atoms with Crippen molar-refractivity contribution in [3.8, 4) is 0 Å². The maximum Gasteiger partial charge on any atom is 0.297 e. The second-order valence-corrected chi connectivity index (χ2v) is 2.49. The van der Waals surface area contributed by atoms with Crippen molar-refractivity contribution >= 4 is 17.1 Å². The number of nitro groups is 1. The SMILES string of the molecule is Cc1ccc(N)c(N)c1[N+](=O)[O-]. The predicted molar refractivity (Wildman–Crippen MR) is 46.7 cm³/mol. The van der Waals surface area contributed by atoms with Gasteiger partial charge in [0.1, 0.15) is 5.69 Å². The fraction of sp³-hybridized carbons (Fsp3) is 0.143. The van der Waals surface area contributed by atoms with Gasteiger partial charge in [-0.25, -0.2) is 0 Å². The second kappa shape index (κ2) is 2.69. The molecule has 0 fully saturated rings. The Hall–Kier alpha value is -1.78. The van der Waals surface area contributed by atoms with Crippen LogP contribution in [0.4, 0.5) is 17.1 Å². The topological polar surface area (TPSA) is 95.2 Å².